The van der Waals surface area contributed by atoms with Crippen molar-refractivity contribution in [2.24, 2.45) is 5.92 Å². The third kappa shape index (κ3) is 5.53. The topological polar surface area (TPSA) is 53.6 Å². The predicted octanol–water partition coefficient (Wildman–Crippen LogP) is 1.97. The molecule has 4 rings (SSSR count). The van der Waals surface area contributed by atoms with Crippen LogP contribution in [0.1, 0.15) is 37.7 Å². The number of ether oxygens (including phenoxy) is 1. The highest BCUT2D eigenvalue weighted by Gasteiger charge is 2.34. The number of hydrogen-bond donors (Lipinski definition) is 2. The first-order valence-electron chi connectivity index (χ1n) is 10.6. The van der Waals surface area contributed by atoms with Crippen molar-refractivity contribution in [2.45, 2.75) is 56.7 Å². The highest BCUT2D eigenvalue weighted by Crippen LogP contribution is 2.32. The minimum Gasteiger partial charge on any atom is -0.379 e. The number of nitrogens with zero attached hydrogens (tertiary/aromatic N) is 1. The summed E-state index contributed by atoms with van der Waals surface area (Å²) in [5.41, 5.74) is 1.29. The summed E-state index contributed by atoms with van der Waals surface area (Å²) in [7, 11) is 0. The normalized spacial score (nSPS) is 29.4. The van der Waals surface area contributed by atoms with Crippen LogP contribution in [0.25, 0.3) is 0 Å². The predicted molar refractivity (Wildman–Crippen MR) is 107 cm³/mol. The summed E-state index contributed by atoms with van der Waals surface area (Å²) in [5, 5.41) is 7.04. The summed E-state index contributed by atoms with van der Waals surface area (Å²) < 4.78 is 5.47. The second-order valence-corrected chi connectivity index (χ2v) is 8.55. The van der Waals surface area contributed by atoms with E-state index < -0.39 is 0 Å². The standard InChI is InChI=1S/C22H33N3O2/c26-22(15-18-13-19-6-7-20(14-18)23-19)24-21(12-17-4-2-1-3-5-17)16-25-8-10-27-11-9-25/h1-5,18-21,23H,6-16H2,(H,24,26). The molecule has 1 aromatic carbocycles. The molecule has 1 aromatic rings. The van der Waals surface area contributed by atoms with Gasteiger partial charge in [0.1, 0.15) is 0 Å². The largest absolute Gasteiger partial charge is 0.379 e. The van der Waals surface area contributed by atoms with Crippen molar-refractivity contribution in [1.29, 1.82) is 0 Å². The maximum Gasteiger partial charge on any atom is 0.220 e. The van der Waals surface area contributed by atoms with Crippen LogP contribution in [0.2, 0.25) is 0 Å². The lowest BCUT2D eigenvalue weighted by atomic mass is 9.89. The molecule has 0 saturated carbocycles. The van der Waals surface area contributed by atoms with Gasteiger partial charge in [0.25, 0.3) is 0 Å². The Labute approximate surface area is 162 Å². The fraction of sp³-hybridized carbons (Fsp3) is 0.682. The van der Waals surface area contributed by atoms with Gasteiger partial charge in [0.2, 0.25) is 5.91 Å². The molecule has 2 N–H and O–H groups in total. The maximum atomic E-state index is 12.8. The van der Waals surface area contributed by atoms with Crippen molar-refractivity contribution < 1.29 is 9.53 Å². The van der Waals surface area contributed by atoms with E-state index in [0.717, 1.165) is 52.1 Å². The molecule has 2 bridgehead atoms. The van der Waals surface area contributed by atoms with Gasteiger partial charge in [0.05, 0.1) is 13.2 Å². The van der Waals surface area contributed by atoms with Gasteiger partial charge in [-0.15, -0.1) is 0 Å². The highest BCUT2D eigenvalue weighted by molar-refractivity contribution is 5.76. The maximum absolute atomic E-state index is 12.8. The smallest absolute Gasteiger partial charge is 0.220 e. The zero-order chi connectivity index (χ0) is 18.5. The SMILES string of the molecule is O=C(CC1CC2CCC(C1)N2)NC(Cc1ccccc1)CN1CCOCC1. The van der Waals surface area contributed by atoms with Crippen LogP contribution in [-0.2, 0) is 16.0 Å². The van der Waals surface area contributed by atoms with E-state index in [9.17, 15) is 4.79 Å². The Morgan fingerprint density at radius 2 is 1.85 bits per heavy atom. The molecule has 0 aromatic heterocycles. The monoisotopic (exact) mass is 371 g/mol. The van der Waals surface area contributed by atoms with Crippen molar-refractivity contribution in [3.8, 4) is 0 Å². The van der Waals surface area contributed by atoms with Crippen LogP contribution >= 0.6 is 0 Å². The molecule has 3 atom stereocenters. The minimum atomic E-state index is 0.163. The molecule has 5 heteroatoms. The zero-order valence-electron chi connectivity index (χ0n) is 16.2. The molecule has 27 heavy (non-hydrogen) atoms. The van der Waals surface area contributed by atoms with Crippen LogP contribution in [0.3, 0.4) is 0 Å². The molecular formula is C22H33N3O2. The number of carbonyl (C=O) groups excluding carboxylic acids is 1. The molecule has 1 amide bonds. The number of carbonyl (C=O) groups is 1. The number of fused-ring (bicyclic) bond motifs is 2. The van der Waals surface area contributed by atoms with Crippen LogP contribution in [0.4, 0.5) is 0 Å². The Kier molecular flexibility index (Phi) is 6.43. The first-order chi connectivity index (χ1) is 13.2. The van der Waals surface area contributed by atoms with E-state index in [-0.39, 0.29) is 11.9 Å². The molecule has 3 fully saturated rings. The Morgan fingerprint density at radius 3 is 2.56 bits per heavy atom. The van der Waals surface area contributed by atoms with Gasteiger partial charge >= 0.3 is 0 Å². The molecule has 5 nitrogen and oxygen atoms in total. The van der Waals surface area contributed by atoms with E-state index in [4.69, 9.17) is 4.74 Å². The summed E-state index contributed by atoms with van der Waals surface area (Å²) in [6.45, 7) is 4.41. The van der Waals surface area contributed by atoms with E-state index in [0.29, 0.717) is 24.4 Å². The van der Waals surface area contributed by atoms with Gasteiger partial charge in [-0.05, 0) is 43.6 Å². The van der Waals surface area contributed by atoms with Gasteiger partial charge in [-0.2, -0.15) is 0 Å². The van der Waals surface area contributed by atoms with Gasteiger partial charge in [-0.3, -0.25) is 9.69 Å². The highest BCUT2D eigenvalue weighted by atomic mass is 16.5. The lowest BCUT2D eigenvalue weighted by Crippen LogP contribution is -2.49. The zero-order valence-corrected chi connectivity index (χ0v) is 16.2. The second-order valence-electron chi connectivity index (χ2n) is 8.55. The molecule has 0 aliphatic carbocycles. The molecule has 0 spiro atoms. The average molecular weight is 372 g/mol. The third-order valence-electron chi connectivity index (χ3n) is 6.32. The Morgan fingerprint density at radius 1 is 1.15 bits per heavy atom. The van der Waals surface area contributed by atoms with Crippen molar-refractivity contribution in [1.82, 2.24) is 15.5 Å². The van der Waals surface area contributed by atoms with E-state index in [1.165, 1.54) is 18.4 Å². The molecule has 3 aliphatic rings. The molecule has 148 valence electrons. The number of amides is 1. The Hall–Kier alpha value is -1.43. The van der Waals surface area contributed by atoms with Crippen LogP contribution in [0, 0.1) is 5.92 Å². The van der Waals surface area contributed by atoms with Crippen LogP contribution in [0.5, 0.6) is 0 Å². The lowest BCUT2D eigenvalue weighted by Gasteiger charge is -2.32. The van der Waals surface area contributed by atoms with Gasteiger partial charge in [0.15, 0.2) is 0 Å². The summed E-state index contributed by atoms with van der Waals surface area (Å²) in [6, 6.07) is 12.0. The lowest BCUT2D eigenvalue weighted by molar-refractivity contribution is -0.123. The van der Waals surface area contributed by atoms with E-state index in [1.54, 1.807) is 0 Å². The van der Waals surface area contributed by atoms with Gasteiger partial charge in [-0.25, -0.2) is 0 Å². The van der Waals surface area contributed by atoms with Crippen molar-refractivity contribution >= 4 is 5.91 Å². The van der Waals surface area contributed by atoms with Gasteiger partial charge < -0.3 is 15.4 Å². The summed E-state index contributed by atoms with van der Waals surface area (Å²) >= 11 is 0. The molecule has 3 aliphatic heterocycles. The van der Waals surface area contributed by atoms with Crippen molar-refractivity contribution in [3.63, 3.8) is 0 Å². The molecule has 3 unspecified atom stereocenters. The fourth-order valence-electron chi connectivity index (χ4n) is 5.05. The van der Waals surface area contributed by atoms with Crippen LogP contribution in [-0.4, -0.2) is 61.8 Å². The number of piperidine rings is 1. The number of hydrogen-bond acceptors (Lipinski definition) is 4. The average Bonchev–Trinajstić information content (AvgIpc) is 3.01. The number of morpholine rings is 1. The fourth-order valence-corrected chi connectivity index (χ4v) is 5.05. The Bertz CT molecular complexity index is 591. The Balaban J connectivity index is 1.33. The number of rotatable bonds is 7. The number of benzene rings is 1. The first kappa shape index (κ1) is 18.9. The molecule has 3 saturated heterocycles. The van der Waals surface area contributed by atoms with E-state index in [1.807, 2.05) is 6.07 Å². The van der Waals surface area contributed by atoms with E-state index in [2.05, 4.69) is 39.8 Å². The molecular weight excluding hydrogens is 338 g/mol. The number of nitrogens with one attached hydrogen (secondary N) is 2. The molecule has 3 heterocycles. The van der Waals surface area contributed by atoms with Crippen LogP contribution < -0.4 is 10.6 Å². The van der Waals surface area contributed by atoms with Gasteiger partial charge in [0, 0.05) is 44.2 Å². The van der Waals surface area contributed by atoms with Crippen molar-refractivity contribution in [2.75, 3.05) is 32.8 Å². The quantitative estimate of drug-likeness (QED) is 0.769. The first-order valence-corrected chi connectivity index (χ1v) is 10.6. The second kappa shape index (κ2) is 9.18. The summed E-state index contributed by atoms with van der Waals surface area (Å²) in [5.74, 6) is 0.778. The summed E-state index contributed by atoms with van der Waals surface area (Å²) in [6.07, 6.45) is 6.48. The molecule has 0 radical (unpaired) electrons. The third-order valence-corrected chi connectivity index (χ3v) is 6.32. The van der Waals surface area contributed by atoms with Crippen molar-refractivity contribution in [3.05, 3.63) is 35.9 Å². The van der Waals surface area contributed by atoms with E-state index >= 15 is 0 Å². The van der Waals surface area contributed by atoms with Crippen LogP contribution in [0.15, 0.2) is 30.3 Å². The van der Waals surface area contributed by atoms with Gasteiger partial charge in [-0.1, -0.05) is 30.3 Å². The minimum absolute atomic E-state index is 0.163. The summed E-state index contributed by atoms with van der Waals surface area (Å²) in [4.78, 5) is 15.2.